The van der Waals surface area contributed by atoms with E-state index in [9.17, 15) is 15.0 Å². The number of aliphatic hydroxyl groups is 2. The fourth-order valence-corrected chi connectivity index (χ4v) is 9.94. The summed E-state index contributed by atoms with van der Waals surface area (Å²) in [6, 6.07) is 18.8. The van der Waals surface area contributed by atoms with Crippen molar-refractivity contribution in [2.24, 2.45) is 22.9 Å². The Labute approximate surface area is 382 Å². The van der Waals surface area contributed by atoms with Gasteiger partial charge in [0.2, 0.25) is 12.6 Å². The number of fused-ring (bicyclic) bond motifs is 3. The third-order valence-electron chi connectivity index (χ3n) is 12.3. The van der Waals surface area contributed by atoms with E-state index in [-0.39, 0.29) is 63.9 Å². The molecule has 1 saturated carbocycles. The molecular formula is C51H64N2O10S. The van der Waals surface area contributed by atoms with E-state index < -0.39 is 29.4 Å². The lowest BCUT2D eigenvalue weighted by Gasteiger charge is -2.60. The lowest BCUT2D eigenvalue weighted by Crippen LogP contribution is -2.70. The molecule has 0 unspecified atom stereocenters. The Bertz CT molecular complexity index is 2150. The molecule has 2 heterocycles. The number of unbranched alkanes of at least 4 members (excludes halogenated alkanes) is 2. The van der Waals surface area contributed by atoms with Gasteiger partial charge in [-0.05, 0) is 137 Å². The summed E-state index contributed by atoms with van der Waals surface area (Å²) in [5.41, 5.74) is 2.76. The summed E-state index contributed by atoms with van der Waals surface area (Å²) < 4.78 is 38.6. The molecule has 2 aliphatic carbocycles. The molecule has 2 N–H and O–H groups in total. The number of aliphatic hydroxyl groups excluding tert-OH is 2. The molecule has 3 aromatic carbocycles. The number of hydrogen-bond donors (Lipinski definition) is 2. The van der Waals surface area contributed by atoms with E-state index in [1.54, 1.807) is 28.8 Å². The Balaban J connectivity index is 1.45. The van der Waals surface area contributed by atoms with E-state index in [0.29, 0.717) is 53.7 Å². The SMILES string of the molecule is C=CCCOC(=O)N(Cc1ccc2c(c1)OCO2)[C@H]1CC(=NOC(C)(C)C)C2=C[C@H](CCCCO)[C@@H](CCCCO)[C@@H]3c4cc(Oc5ccc(SC)cc5)ccc4O[C@@]1(OCC=C)[C@H]23. The number of allylic oxidation sites excluding steroid dienone is 1. The first-order valence-corrected chi connectivity index (χ1v) is 23.8. The van der Waals surface area contributed by atoms with Gasteiger partial charge >= 0.3 is 6.09 Å². The van der Waals surface area contributed by atoms with Crippen LogP contribution in [0.4, 0.5) is 4.79 Å². The van der Waals surface area contributed by atoms with E-state index in [1.807, 2.05) is 81.6 Å². The van der Waals surface area contributed by atoms with E-state index in [4.69, 9.17) is 38.4 Å². The number of amides is 1. The molecule has 12 nitrogen and oxygen atoms in total. The van der Waals surface area contributed by atoms with Crippen LogP contribution in [0.15, 0.2) is 108 Å². The third kappa shape index (κ3) is 10.6. The van der Waals surface area contributed by atoms with Crippen molar-refractivity contribution < 1.29 is 48.3 Å². The van der Waals surface area contributed by atoms with Crippen LogP contribution in [0.5, 0.6) is 28.7 Å². The first-order valence-electron chi connectivity index (χ1n) is 22.5. The maximum atomic E-state index is 14.8. The number of benzene rings is 3. The Morgan fingerprint density at radius 3 is 2.39 bits per heavy atom. The molecule has 0 spiro atoms. The quantitative estimate of drug-likeness (QED) is 0.0457. The second-order valence-electron chi connectivity index (χ2n) is 17.8. The van der Waals surface area contributed by atoms with Gasteiger partial charge in [0.05, 0.1) is 24.8 Å². The van der Waals surface area contributed by atoms with Crippen LogP contribution in [0.2, 0.25) is 0 Å². The van der Waals surface area contributed by atoms with Crippen LogP contribution < -0.4 is 18.9 Å². The molecule has 7 rings (SSSR count). The summed E-state index contributed by atoms with van der Waals surface area (Å²) in [5, 5.41) is 24.9. The van der Waals surface area contributed by atoms with Gasteiger partial charge in [0.1, 0.15) is 28.9 Å². The highest BCUT2D eigenvalue weighted by Crippen LogP contribution is 2.62. The van der Waals surface area contributed by atoms with Gasteiger partial charge < -0.3 is 43.5 Å². The van der Waals surface area contributed by atoms with E-state index in [0.717, 1.165) is 47.3 Å². The maximum absolute atomic E-state index is 14.8. The molecule has 2 aliphatic heterocycles. The Morgan fingerprint density at radius 2 is 1.67 bits per heavy atom. The number of rotatable bonds is 21. The average Bonchev–Trinajstić information content (AvgIpc) is 3.76. The minimum atomic E-state index is -1.48. The van der Waals surface area contributed by atoms with Crippen LogP contribution >= 0.6 is 11.8 Å². The van der Waals surface area contributed by atoms with Crippen molar-refractivity contribution in [2.45, 2.75) is 107 Å². The monoisotopic (exact) mass is 896 g/mol. The first-order chi connectivity index (χ1) is 31.0. The minimum absolute atomic E-state index is 0.0369. The summed E-state index contributed by atoms with van der Waals surface area (Å²) in [4.78, 5) is 23.9. The fourth-order valence-electron chi connectivity index (χ4n) is 9.53. The fraction of sp³-hybridized carbons (Fsp3) is 0.490. The van der Waals surface area contributed by atoms with Gasteiger partial charge in [-0.3, -0.25) is 4.90 Å². The number of thioether (sulfide) groups is 1. The van der Waals surface area contributed by atoms with Crippen molar-refractivity contribution in [2.75, 3.05) is 39.5 Å². The van der Waals surface area contributed by atoms with Crippen molar-refractivity contribution in [1.82, 2.24) is 4.90 Å². The van der Waals surface area contributed by atoms with Gasteiger partial charge in [-0.15, -0.1) is 24.9 Å². The van der Waals surface area contributed by atoms with Crippen molar-refractivity contribution >= 4 is 23.6 Å². The zero-order chi connectivity index (χ0) is 45.3. The Morgan fingerprint density at radius 1 is 0.938 bits per heavy atom. The van der Waals surface area contributed by atoms with Crippen LogP contribution in [-0.4, -0.2) is 83.8 Å². The summed E-state index contributed by atoms with van der Waals surface area (Å²) in [6.07, 6.45) is 12.5. The van der Waals surface area contributed by atoms with Crippen LogP contribution in [0, 0.1) is 17.8 Å². The predicted molar refractivity (Wildman–Crippen MR) is 248 cm³/mol. The summed E-state index contributed by atoms with van der Waals surface area (Å²) in [7, 11) is 0. The highest BCUT2D eigenvalue weighted by atomic mass is 32.2. The van der Waals surface area contributed by atoms with Gasteiger partial charge in [0.25, 0.3) is 0 Å². The standard InChI is InChI=1S/C51H64N2O10S/c1-7-9-27-57-49(56)53(32-34-16-22-44-45(28-34)59-33-58-44)46-31-42(52-63-50(3,4)5)40-29-35(14-10-12-24-54)39(15-11-13-25-55)47-41-30-37(61-36-17-20-38(64-6)21-18-36)19-23-43(41)62-51(46,48(40)47)60-26-8-2/h7-8,16-23,28-30,35,39,46-48,54-55H,1-2,9-15,24-27,31-33H2,3-6H3/t35-,39+,46-,47+,48+,51+/m0/s1. The van der Waals surface area contributed by atoms with E-state index >= 15 is 0 Å². The highest BCUT2D eigenvalue weighted by molar-refractivity contribution is 7.98. The Hall–Kier alpha value is -4.95. The molecule has 64 heavy (non-hydrogen) atoms. The third-order valence-corrected chi connectivity index (χ3v) is 13.1. The van der Waals surface area contributed by atoms with Gasteiger partial charge in [-0.2, -0.15) is 0 Å². The first kappa shape index (κ1) is 47.0. The van der Waals surface area contributed by atoms with E-state index in [2.05, 4.69) is 25.3 Å². The molecule has 4 aliphatic rings. The molecule has 0 saturated heterocycles. The van der Waals surface area contributed by atoms with Gasteiger partial charge in [-0.1, -0.05) is 42.3 Å². The van der Waals surface area contributed by atoms with Gasteiger partial charge in [-0.25, -0.2) is 4.79 Å². The summed E-state index contributed by atoms with van der Waals surface area (Å²) in [6.45, 7) is 14.5. The summed E-state index contributed by atoms with van der Waals surface area (Å²) >= 11 is 1.67. The van der Waals surface area contributed by atoms with Crippen LogP contribution in [0.25, 0.3) is 0 Å². The second kappa shape index (κ2) is 21.4. The molecule has 3 aromatic rings. The number of nitrogens with zero attached hydrogens (tertiary/aromatic N) is 2. The zero-order valence-electron chi connectivity index (χ0n) is 37.7. The molecule has 13 heteroatoms. The van der Waals surface area contributed by atoms with Gasteiger partial charge in [0, 0.05) is 42.6 Å². The molecule has 0 aromatic heterocycles. The van der Waals surface area contributed by atoms with Crippen molar-refractivity contribution in [3.05, 3.63) is 109 Å². The molecule has 0 radical (unpaired) electrons. The van der Waals surface area contributed by atoms with Crippen molar-refractivity contribution in [1.29, 1.82) is 0 Å². The Kier molecular flexibility index (Phi) is 15.7. The van der Waals surface area contributed by atoms with Crippen molar-refractivity contribution in [3.8, 4) is 28.7 Å². The molecule has 0 bridgehead atoms. The number of carbonyl (C=O) groups is 1. The lowest BCUT2D eigenvalue weighted by atomic mass is 9.55. The zero-order valence-corrected chi connectivity index (χ0v) is 38.5. The van der Waals surface area contributed by atoms with E-state index in [1.165, 1.54) is 0 Å². The molecular weight excluding hydrogens is 833 g/mol. The average molecular weight is 897 g/mol. The van der Waals surface area contributed by atoms with Crippen LogP contribution in [0.3, 0.4) is 0 Å². The maximum Gasteiger partial charge on any atom is 0.410 e. The lowest BCUT2D eigenvalue weighted by molar-refractivity contribution is -0.256. The topological polar surface area (TPSA) is 138 Å². The smallest absolute Gasteiger partial charge is 0.410 e. The number of hydrogen-bond acceptors (Lipinski definition) is 12. The highest BCUT2D eigenvalue weighted by Gasteiger charge is 2.66. The molecule has 6 atom stereocenters. The number of oxime groups is 1. The second-order valence-corrected chi connectivity index (χ2v) is 18.6. The van der Waals surface area contributed by atoms with Crippen LogP contribution in [-0.2, 0) is 20.9 Å². The molecule has 1 amide bonds. The summed E-state index contributed by atoms with van der Waals surface area (Å²) in [5.74, 6) is 1.10. The molecule has 1 fully saturated rings. The van der Waals surface area contributed by atoms with Crippen LogP contribution in [0.1, 0.15) is 89.2 Å². The number of ether oxygens (including phenoxy) is 6. The normalized spacial score (nSPS) is 23.6. The predicted octanol–water partition coefficient (Wildman–Crippen LogP) is 10.6. The largest absolute Gasteiger partial charge is 0.459 e. The molecule has 344 valence electrons. The van der Waals surface area contributed by atoms with Gasteiger partial charge in [0.15, 0.2) is 11.5 Å². The van der Waals surface area contributed by atoms with Crippen molar-refractivity contribution in [3.63, 3.8) is 0 Å². The number of carbonyl (C=O) groups excluding carboxylic acids is 1. The minimum Gasteiger partial charge on any atom is -0.459 e.